The van der Waals surface area contributed by atoms with E-state index in [1.54, 1.807) is 0 Å². The van der Waals surface area contributed by atoms with Crippen LogP contribution in [0.1, 0.15) is 6.42 Å². The quantitative estimate of drug-likeness (QED) is 0.615. The summed E-state index contributed by atoms with van der Waals surface area (Å²) < 4.78 is 26.6. The van der Waals surface area contributed by atoms with E-state index in [0.717, 1.165) is 6.42 Å². The van der Waals surface area contributed by atoms with E-state index in [9.17, 15) is 8.42 Å². The van der Waals surface area contributed by atoms with Crippen molar-refractivity contribution < 1.29 is 8.42 Å². The predicted octanol–water partition coefficient (Wildman–Crippen LogP) is 2.45. The number of sulfonamides is 1. The van der Waals surface area contributed by atoms with Gasteiger partial charge in [-0.3, -0.25) is 0 Å². The minimum Gasteiger partial charge on any atom is -0.242 e. The van der Waals surface area contributed by atoms with Crippen molar-refractivity contribution in [2.75, 3.05) is 13.1 Å². The lowest BCUT2D eigenvalue weighted by molar-refractivity contribution is 0.437. The average Bonchev–Trinajstić information content (AvgIpc) is 2.33. The van der Waals surface area contributed by atoms with E-state index in [4.69, 9.17) is 11.6 Å². The standard InChI is InChI=1S/C10H10BrClN2O2S/c11-8-6-9(10(12)13-7-8)17(15,16)14-4-2-1-3-5-14/h1-2,6-7H,3-5H2. The SMILES string of the molecule is O=S(=O)(c1cc(Br)cnc1Cl)N1CC=CCC1. The minimum atomic E-state index is -3.56. The van der Waals surface area contributed by atoms with Crippen molar-refractivity contribution in [3.8, 4) is 0 Å². The van der Waals surface area contributed by atoms with Crippen molar-refractivity contribution in [1.29, 1.82) is 0 Å². The number of aromatic nitrogens is 1. The van der Waals surface area contributed by atoms with Crippen molar-refractivity contribution in [3.05, 3.63) is 34.0 Å². The molecule has 0 aromatic carbocycles. The number of hydrogen-bond donors (Lipinski definition) is 0. The maximum Gasteiger partial charge on any atom is 0.246 e. The van der Waals surface area contributed by atoms with Crippen LogP contribution >= 0.6 is 27.5 Å². The van der Waals surface area contributed by atoms with Crippen LogP contribution in [0.3, 0.4) is 0 Å². The van der Waals surface area contributed by atoms with E-state index in [2.05, 4.69) is 20.9 Å². The molecule has 0 aliphatic carbocycles. The summed E-state index contributed by atoms with van der Waals surface area (Å²) >= 11 is 9.04. The third-order valence-corrected chi connectivity index (χ3v) is 5.14. The largest absolute Gasteiger partial charge is 0.246 e. The molecule has 2 heterocycles. The Balaban J connectivity index is 2.44. The summed E-state index contributed by atoms with van der Waals surface area (Å²) in [5.74, 6) is 0. The average molecular weight is 338 g/mol. The van der Waals surface area contributed by atoms with Crippen molar-refractivity contribution in [2.45, 2.75) is 11.3 Å². The van der Waals surface area contributed by atoms with Crippen LogP contribution in [-0.2, 0) is 10.0 Å². The van der Waals surface area contributed by atoms with Crippen LogP contribution in [0.4, 0.5) is 0 Å². The van der Waals surface area contributed by atoms with Gasteiger partial charge in [0.15, 0.2) is 0 Å². The Labute approximate surface area is 113 Å². The van der Waals surface area contributed by atoms with Crippen LogP contribution in [0.5, 0.6) is 0 Å². The van der Waals surface area contributed by atoms with E-state index < -0.39 is 10.0 Å². The van der Waals surface area contributed by atoms with Gasteiger partial charge in [-0.15, -0.1) is 0 Å². The lowest BCUT2D eigenvalue weighted by atomic mass is 10.3. The second kappa shape index (κ2) is 5.06. The molecule has 1 aromatic rings. The molecule has 0 spiro atoms. The molecule has 17 heavy (non-hydrogen) atoms. The first-order valence-electron chi connectivity index (χ1n) is 4.98. The molecule has 7 heteroatoms. The van der Waals surface area contributed by atoms with E-state index in [1.807, 2.05) is 12.2 Å². The second-order valence-electron chi connectivity index (χ2n) is 3.57. The van der Waals surface area contributed by atoms with Crippen molar-refractivity contribution in [1.82, 2.24) is 9.29 Å². The molecular weight excluding hydrogens is 328 g/mol. The summed E-state index contributed by atoms with van der Waals surface area (Å²) in [6.07, 6.45) is 5.99. The fraction of sp³-hybridized carbons (Fsp3) is 0.300. The van der Waals surface area contributed by atoms with Crippen LogP contribution < -0.4 is 0 Å². The molecule has 2 rings (SSSR count). The zero-order valence-corrected chi connectivity index (χ0v) is 12.0. The molecule has 92 valence electrons. The molecule has 0 saturated carbocycles. The third-order valence-electron chi connectivity index (χ3n) is 2.41. The van der Waals surface area contributed by atoms with Gasteiger partial charge in [-0.2, -0.15) is 4.31 Å². The van der Waals surface area contributed by atoms with Gasteiger partial charge in [-0.25, -0.2) is 13.4 Å². The first-order chi connectivity index (χ1) is 8.01. The summed E-state index contributed by atoms with van der Waals surface area (Å²) in [6, 6.07) is 1.48. The summed E-state index contributed by atoms with van der Waals surface area (Å²) in [4.78, 5) is 3.88. The van der Waals surface area contributed by atoms with E-state index >= 15 is 0 Å². The Morgan fingerprint density at radius 3 is 2.82 bits per heavy atom. The van der Waals surface area contributed by atoms with E-state index in [-0.39, 0.29) is 10.0 Å². The topological polar surface area (TPSA) is 50.3 Å². The maximum absolute atomic E-state index is 12.3. The van der Waals surface area contributed by atoms with Crippen LogP contribution in [0.15, 0.2) is 33.8 Å². The highest BCUT2D eigenvalue weighted by atomic mass is 79.9. The molecule has 4 nitrogen and oxygen atoms in total. The number of halogens is 2. The van der Waals surface area contributed by atoms with Crippen molar-refractivity contribution >= 4 is 37.6 Å². The van der Waals surface area contributed by atoms with Crippen molar-refractivity contribution in [2.24, 2.45) is 0 Å². The molecule has 0 atom stereocenters. The molecular formula is C10H10BrClN2O2S. The number of rotatable bonds is 2. The van der Waals surface area contributed by atoms with E-state index in [0.29, 0.717) is 17.6 Å². The van der Waals surface area contributed by atoms with Gasteiger partial charge in [0.25, 0.3) is 0 Å². The van der Waals surface area contributed by atoms with Gasteiger partial charge in [0.2, 0.25) is 10.0 Å². The number of nitrogens with zero attached hydrogens (tertiary/aromatic N) is 2. The molecule has 0 amide bonds. The van der Waals surface area contributed by atoms with Crippen LogP contribution in [0.25, 0.3) is 0 Å². The second-order valence-corrected chi connectivity index (χ2v) is 6.75. The van der Waals surface area contributed by atoms with Gasteiger partial charge in [-0.1, -0.05) is 23.8 Å². The smallest absolute Gasteiger partial charge is 0.242 e. The highest BCUT2D eigenvalue weighted by Gasteiger charge is 2.27. The monoisotopic (exact) mass is 336 g/mol. The summed E-state index contributed by atoms with van der Waals surface area (Å²) in [6.45, 7) is 0.854. The molecule has 1 aromatic heterocycles. The lowest BCUT2D eigenvalue weighted by Gasteiger charge is -2.23. The molecule has 0 bridgehead atoms. The summed E-state index contributed by atoms with van der Waals surface area (Å²) in [7, 11) is -3.56. The zero-order valence-electron chi connectivity index (χ0n) is 8.81. The molecule has 0 unspecified atom stereocenters. The Kier molecular flexibility index (Phi) is 3.87. The van der Waals surface area contributed by atoms with Gasteiger partial charge >= 0.3 is 0 Å². The van der Waals surface area contributed by atoms with E-state index in [1.165, 1.54) is 16.6 Å². The fourth-order valence-electron chi connectivity index (χ4n) is 1.56. The first-order valence-corrected chi connectivity index (χ1v) is 7.59. The molecule has 1 aliphatic rings. The van der Waals surface area contributed by atoms with Crippen LogP contribution in [-0.4, -0.2) is 30.8 Å². The predicted molar refractivity (Wildman–Crippen MR) is 69.5 cm³/mol. The normalized spacial score (nSPS) is 17.3. The fourth-order valence-corrected chi connectivity index (χ4v) is 3.89. The Morgan fingerprint density at radius 1 is 1.41 bits per heavy atom. The maximum atomic E-state index is 12.3. The van der Waals surface area contributed by atoms with Gasteiger partial charge in [0.05, 0.1) is 0 Å². The lowest BCUT2D eigenvalue weighted by Crippen LogP contribution is -2.34. The van der Waals surface area contributed by atoms with Crippen molar-refractivity contribution in [3.63, 3.8) is 0 Å². The van der Waals surface area contributed by atoms with Gasteiger partial charge < -0.3 is 0 Å². The number of pyridine rings is 1. The van der Waals surface area contributed by atoms with Crippen LogP contribution in [0, 0.1) is 0 Å². The summed E-state index contributed by atoms with van der Waals surface area (Å²) in [5, 5.41) is 0.00255. The zero-order chi connectivity index (χ0) is 12.5. The molecule has 0 radical (unpaired) electrons. The number of hydrogen-bond acceptors (Lipinski definition) is 3. The molecule has 0 fully saturated rings. The molecule has 0 N–H and O–H groups in total. The summed E-state index contributed by atoms with van der Waals surface area (Å²) in [5.41, 5.74) is 0. The first kappa shape index (κ1) is 13.0. The van der Waals surface area contributed by atoms with Gasteiger partial charge in [-0.05, 0) is 28.4 Å². The minimum absolute atomic E-state index is 0.00255. The highest BCUT2D eigenvalue weighted by Crippen LogP contribution is 2.26. The van der Waals surface area contributed by atoms with Crippen LogP contribution in [0.2, 0.25) is 5.15 Å². The Morgan fingerprint density at radius 2 is 2.18 bits per heavy atom. The third kappa shape index (κ3) is 2.70. The Hall–Kier alpha value is -0.430. The van der Waals surface area contributed by atoms with Gasteiger partial charge in [0, 0.05) is 23.8 Å². The highest BCUT2D eigenvalue weighted by molar-refractivity contribution is 9.10. The van der Waals surface area contributed by atoms with Gasteiger partial charge in [0.1, 0.15) is 10.0 Å². The molecule has 1 aliphatic heterocycles. The Bertz CT molecular complexity index is 559. The molecule has 0 saturated heterocycles.